The van der Waals surface area contributed by atoms with Crippen LogP contribution in [0.2, 0.25) is 0 Å². The van der Waals surface area contributed by atoms with E-state index in [1.54, 1.807) is 0 Å². The maximum atomic E-state index is 5.40. The molecule has 0 spiro atoms. The zero-order chi connectivity index (χ0) is 10.7. The van der Waals surface area contributed by atoms with Crippen LogP contribution in [0.15, 0.2) is 24.3 Å². The molecule has 0 aliphatic carbocycles. The number of aromatic nitrogens is 3. The Bertz CT molecular complexity index is 449. The Morgan fingerprint density at radius 2 is 2.33 bits per heavy atom. The molecule has 0 aliphatic heterocycles. The van der Waals surface area contributed by atoms with Crippen LogP contribution in [-0.2, 0) is 6.54 Å². The van der Waals surface area contributed by atoms with E-state index in [9.17, 15) is 0 Å². The maximum Gasteiger partial charge on any atom is 0.243 e. The summed E-state index contributed by atoms with van der Waals surface area (Å²) in [5.41, 5.74) is 7.84. The minimum absolute atomic E-state index is 0.321. The van der Waals surface area contributed by atoms with Gasteiger partial charge in [0, 0.05) is 6.54 Å². The summed E-state index contributed by atoms with van der Waals surface area (Å²) in [6, 6.07) is 8.26. The number of H-pyrrole nitrogens is 1. The largest absolute Gasteiger partial charge is 0.368 e. The van der Waals surface area contributed by atoms with Gasteiger partial charge >= 0.3 is 0 Å². The summed E-state index contributed by atoms with van der Waals surface area (Å²) >= 11 is 0. The third-order valence-corrected chi connectivity index (χ3v) is 2.04. The van der Waals surface area contributed by atoms with E-state index in [0.717, 1.165) is 0 Å². The number of anilines is 2. The van der Waals surface area contributed by atoms with Crippen LogP contribution < -0.4 is 11.1 Å². The van der Waals surface area contributed by atoms with Crippen molar-refractivity contribution in [2.24, 2.45) is 0 Å². The van der Waals surface area contributed by atoms with Gasteiger partial charge in [-0.1, -0.05) is 29.8 Å². The predicted molar refractivity (Wildman–Crippen MR) is 59.3 cm³/mol. The number of nitrogens with two attached hydrogens (primary N) is 1. The first-order valence-corrected chi connectivity index (χ1v) is 4.71. The highest BCUT2D eigenvalue weighted by atomic mass is 15.3. The standard InChI is InChI=1S/C10H13N5/c1-7-3-2-4-8(5-7)6-12-10-13-9(11)14-15-10/h2-5H,6H2,1H3,(H4,11,12,13,14,15). The van der Waals surface area contributed by atoms with Gasteiger partial charge in [-0.25, -0.2) is 5.10 Å². The lowest BCUT2D eigenvalue weighted by Crippen LogP contribution is -2.01. The number of nitrogen functional groups attached to an aromatic ring is 1. The molecule has 0 unspecified atom stereocenters. The fourth-order valence-electron chi connectivity index (χ4n) is 1.36. The van der Waals surface area contributed by atoms with Crippen LogP contribution in [0.1, 0.15) is 11.1 Å². The molecule has 0 atom stereocenters. The molecule has 1 heterocycles. The molecular weight excluding hydrogens is 190 g/mol. The Balaban J connectivity index is 1.99. The second-order valence-electron chi connectivity index (χ2n) is 3.39. The van der Waals surface area contributed by atoms with Crippen LogP contribution in [0.5, 0.6) is 0 Å². The number of aromatic amines is 1. The summed E-state index contributed by atoms with van der Waals surface area (Å²) in [7, 11) is 0. The van der Waals surface area contributed by atoms with Gasteiger partial charge in [-0.15, -0.1) is 5.10 Å². The van der Waals surface area contributed by atoms with E-state index in [-0.39, 0.29) is 0 Å². The average Bonchev–Trinajstić information content (AvgIpc) is 2.62. The normalized spacial score (nSPS) is 10.2. The lowest BCUT2D eigenvalue weighted by molar-refractivity contribution is 1.04. The molecule has 5 heteroatoms. The first-order chi connectivity index (χ1) is 7.24. The lowest BCUT2D eigenvalue weighted by Gasteiger charge is -2.02. The van der Waals surface area contributed by atoms with E-state index in [1.807, 2.05) is 6.07 Å². The summed E-state index contributed by atoms with van der Waals surface area (Å²) in [5, 5.41) is 9.53. The van der Waals surface area contributed by atoms with E-state index >= 15 is 0 Å². The molecular formula is C10H13N5. The van der Waals surface area contributed by atoms with E-state index in [2.05, 4.69) is 45.6 Å². The summed E-state index contributed by atoms with van der Waals surface area (Å²) < 4.78 is 0. The van der Waals surface area contributed by atoms with Gasteiger partial charge in [0.2, 0.25) is 11.9 Å². The third kappa shape index (κ3) is 2.46. The van der Waals surface area contributed by atoms with Crippen molar-refractivity contribution in [3.63, 3.8) is 0 Å². The molecule has 0 fully saturated rings. The Hall–Kier alpha value is -2.04. The van der Waals surface area contributed by atoms with Crippen molar-refractivity contribution in [3.8, 4) is 0 Å². The van der Waals surface area contributed by atoms with Gasteiger partial charge in [0.1, 0.15) is 0 Å². The maximum absolute atomic E-state index is 5.40. The summed E-state index contributed by atoms with van der Waals surface area (Å²) in [4.78, 5) is 3.95. The van der Waals surface area contributed by atoms with Crippen molar-refractivity contribution in [1.82, 2.24) is 15.2 Å². The van der Waals surface area contributed by atoms with Crippen molar-refractivity contribution in [3.05, 3.63) is 35.4 Å². The van der Waals surface area contributed by atoms with Gasteiger partial charge in [0.05, 0.1) is 0 Å². The van der Waals surface area contributed by atoms with E-state index in [1.165, 1.54) is 11.1 Å². The number of nitrogens with one attached hydrogen (secondary N) is 2. The second-order valence-corrected chi connectivity index (χ2v) is 3.39. The average molecular weight is 203 g/mol. The molecule has 1 aromatic heterocycles. The molecule has 0 bridgehead atoms. The van der Waals surface area contributed by atoms with Crippen LogP contribution in [0.25, 0.3) is 0 Å². The Morgan fingerprint density at radius 1 is 1.47 bits per heavy atom. The van der Waals surface area contributed by atoms with Crippen molar-refractivity contribution >= 4 is 11.9 Å². The lowest BCUT2D eigenvalue weighted by atomic mass is 10.1. The minimum Gasteiger partial charge on any atom is -0.368 e. The van der Waals surface area contributed by atoms with E-state index < -0.39 is 0 Å². The van der Waals surface area contributed by atoms with E-state index in [4.69, 9.17) is 5.73 Å². The fraction of sp³-hybridized carbons (Fsp3) is 0.200. The van der Waals surface area contributed by atoms with Crippen molar-refractivity contribution in [2.75, 3.05) is 11.1 Å². The minimum atomic E-state index is 0.321. The number of nitrogens with zero attached hydrogens (tertiary/aromatic N) is 2. The van der Waals surface area contributed by atoms with Crippen LogP contribution in [0.4, 0.5) is 11.9 Å². The van der Waals surface area contributed by atoms with Crippen LogP contribution in [0, 0.1) is 6.92 Å². The molecule has 15 heavy (non-hydrogen) atoms. The summed E-state index contributed by atoms with van der Waals surface area (Å²) in [6.07, 6.45) is 0. The second kappa shape index (κ2) is 4.00. The number of hydrogen-bond donors (Lipinski definition) is 3. The zero-order valence-corrected chi connectivity index (χ0v) is 8.49. The Labute approximate surface area is 87.7 Å². The molecule has 5 nitrogen and oxygen atoms in total. The molecule has 2 aromatic rings. The summed E-state index contributed by atoms with van der Waals surface area (Å²) in [5.74, 6) is 0.843. The smallest absolute Gasteiger partial charge is 0.243 e. The van der Waals surface area contributed by atoms with Crippen LogP contribution in [0.3, 0.4) is 0 Å². The van der Waals surface area contributed by atoms with Crippen molar-refractivity contribution < 1.29 is 0 Å². The molecule has 1 aromatic carbocycles. The highest BCUT2D eigenvalue weighted by molar-refractivity contribution is 5.32. The zero-order valence-electron chi connectivity index (χ0n) is 8.49. The molecule has 4 N–H and O–H groups in total. The fourth-order valence-corrected chi connectivity index (χ4v) is 1.36. The topological polar surface area (TPSA) is 79.6 Å². The molecule has 0 aliphatic rings. The quantitative estimate of drug-likeness (QED) is 0.702. The summed E-state index contributed by atoms with van der Waals surface area (Å²) in [6.45, 7) is 2.76. The Kier molecular flexibility index (Phi) is 2.53. The highest BCUT2D eigenvalue weighted by Gasteiger charge is 1.99. The third-order valence-electron chi connectivity index (χ3n) is 2.04. The van der Waals surface area contributed by atoms with Crippen molar-refractivity contribution in [2.45, 2.75) is 13.5 Å². The van der Waals surface area contributed by atoms with Gasteiger partial charge < -0.3 is 11.1 Å². The van der Waals surface area contributed by atoms with Gasteiger partial charge in [-0.05, 0) is 12.5 Å². The molecule has 0 saturated heterocycles. The molecule has 0 saturated carbocycles. The molecule has 2 rings (SSSR count). The van der Waals surface area contributed by atoms with Crippen molar-refractivity contribution in [1.29, 1.82) is 0 Å². The SMILES string of the molecule is Cc1cccc(CNc2n[nH]c(N)n2)c1. The van der Waals surface area contributed by atoms with Gasteiger partial charge in [-0.3, -0.25) is 0 Å². The first kappa shape index (κ1) is 9.51. The number of hydrogen-bond acceptors (Lipinski definition) is 4. The van der Waals surface area contributed by atoms with Gasteiger partial charge in [0.25, 0.3) is 0 Å². The number of rotatable bonds is 3. The van der Waals surface area contributed by atoms with Crippen LogP contribution in [-0.4, -0.2) is 15.2 Å². The predicted octanol–water partition coefficient (Wildman–Crippen LogP) is 1.31. The number of benzene rings is 1. The van der Waals surface area contributed by atoms with Gasteiger partial charge in [-0.2, -0.15) is 4.98 Å². The van der Waals surface area contributed by atoms with Crippen LogP contribution >= 0.6 is 0 Å². The van der Waals surface area contributed by atoms with E-state index in [0.29, 0.717) is 18.4 Å². The number of aryl methyl sites for hydroxylation is 1. The van der Waals surface area contributed by atoms with Gasteiger partial charge in [0.15, 0.2) is 0 Å². The molecule has 0 radical (unpaired) electrons. The first-order valence-electron chi connectivity index (χ1n) is 4.71. The highest BCUT2D eigenvalue weighted by Crippen LogP contribution is 2.06. The molecule has 78 valence electrons. The molecule has 0 amide bonds. The monoisotopic (exact) mass is 203 g/mol. The Morgan fingerprint density at radius 3 is 3.00 bits per heavy atom.